The zero-order valence-corrected chi connectivity index (χ0v) is 14.1. The van der Waals surface area contributed by atoms with E-state index in [0.717, 1.165) is 25.8 Å². The zero-order valence-electron chi connectivity index (χ0n) is 14.1. The highest BCUT2D eigenvalue weighted by Crippen LogP contribution is 2.21. The van der Waals surface area contributed by atoms with Crippen LogP contribution in [-0.4, -0.2) is 32.9 Å². The minimum Gasteiger partial charge on any atom is -0.407 e. The van der Waals surface area contributed by atoms with E-state index in [4.69, 9.17) is 4.42 Å². The molecule has 1 aromatic carbocycles. The van der Waals surface area contributed by atoms with Gasteiger partial charge in [-0.2, -0.15) is 0 Å². The maximum absolute atomic E-state index is 12.3. The van der Waals surface area contributed by atoms with E-state index in [-0.39, 0.29) is 23.2 Å². The molecule has 134 valence electrons. The van der Waals surface area contributed by atoms with Gasteiger partial charge in [-0.05, 0) is 38.7 Å². The molecule has 1 amide bonds. The van der Waals surface area contributed by atoms with Gasteiger partial charge < -0.3 is 9.32 Å². The number of amides is 1. The molecule has 3 rings (SSSR count). The number of aromatic nitrogens is 1. The predicted molar refractivity (Wildman–Crippen MR) is 91.4 cm³/mol. The number of hydrogen-bond acceptors (Lipinski definition) is 5. The maximum atomic E-state index is 12.3. The monoisotopic (exact) mass is 347 g/mol. The summed E-state index contributed by atoms with van der Waals surface area (Å²) in [5, 5.41) is 10.8. The molecular formula is C17H21N3O5. The van der Waals surface area contributed by atoms with Gasteiger partial charge in [0.05, 0.1) is 16.5 Å². The number of aryl methyl sites for hydroxylation is 1. The number of nitro groups is 1. The van der Waals surface area contributed by atoms with Crippen LogP contribution in [-0.2, 0) is 11.3 Å². The van der Waals surface area contributed by atoms with Crippen LogP contribution in [0.4, 0.5) is 5.69 Å². The molecule has 1 aliphatic heterocycles. The summed E-state index contributed by atoms with van der Waals surface area (Å²) < 4.78 is 6.51. The third-order valence-corrected chi connectivity index (χ3v) is 4.76. The van der Waals surface area contributed by atoms with Gasteiger partial charge in [0.2, 0.25) is 5.91 Å². The first kappa shape index (κ1) is 17.2. The Kier molecular flexibility index (Phi) is 4.87. The molecule has 0 radical (unpaired) electrons. The number of carbonyl (C=O) groups is 1. The number of hydrogen-bond donors (Lipinski definition) is 0. The molecule has 0 bridgehead atoms. The Morgan fingerprint density at radius 2 is 2.20 bits per heavy atom. The second-order valence-electron chi connectivity index (χ2n) is 6.46. The normalized spacial score (nSPS) is 17.8. The highest BCUT2D eigenvalue weighted by Gasteiger charge is 2.22. The number of benzene rings is 1. The van der Waals surface area contributed by atoms with E-state index in [9.17, 15) is 19.7 Å². The van der Waals surface area contributed by atoms with Gasteiger partial charge in [-0.3, -0.25) is 19.5 Å². The molecule has 0 aliphatic carbocycles. The van der Waals surface area contributed by atoms with Gasteiger partial charge in [0, 0.05) is 31.6 Å². The second-order valence-corrected chi connectivity index (χ2v) is 6.46. The van der Waals surface area contributed by atoms with Crippen molar-refractivity contribution in [1.82, 2.24) is 9.47 Å². The number of piperidine rings is 1. The van der Waals surface area contributed by atoms with Crippen LogP contribution >= 0.6 is 0 Å². The van der Waals surface area contributed by atoms with Crippen LogP contribution < -0.4 is 5.76 Å². The average Bonchev–Trinajstić information content (AvgIpc) is 2.90. The first-order chi connectivity index (χ1) is 12.0. The summed E-state index contributed by atoms with van der Waals surface area (Å²) in [5.74, 6) is -0.446. The molecule has 1 fully saturated rings. The lowest BCUT2D eigenvalue weighted by Crippen LogP contribution is -2.42. The smallest absolute Gasteiger partial charge is 0.407 e. The molecule has 1 aliphatic rings. The first-order valence-electron chi connectivity index (χ1n) is 8.54. The fraction of sp³-hybridized carbons (Fsp3) is 0.529. The van der Waals surface area contributed by atoms with Gasteiger partial charge in [0.1, 0.15) is 0 Å². The number of nitrogens with zero attached hydrogens (tertiary/aromatic N) is 3. The summed E-state index contributed by atoms with van der Waals surface area (Å²) in [6, 6.07) is 4.37. The van der Waals surface area contributed by atoms with Crippen molar-refractivity contribution in [3.8, 4) is 0 Å². The molecule has 0 spiro atoms. The molecular weight excluding hydrogens is 326 g/mol. The molecule has 0 N–H and O–H groups in total. The van der Waals surface area contributed by atoms with Crippen LogP contribution in [0.3, 0.4) is 0 Å². The third kappa shape index (κ3) is 3.57. The van der Waals surface area contributed by atoms with E-state index < -0.39 is 10.7 Å². The molecule has 1 saturated heterocycles. The predicted octanol–water partition coefficient (Wildman–Crippen LogP) is 2.68. The Hall–Kier alpha value is -2.64. The summed E-state index contributed by atoms with van der Waals surface area (Å²) in [7, 11) is 0. The lowest BCUT2D eigenvalue weighted by atomic mass is 10.0. The van der Waals surface area contributed by atoms with Crippen LogP contribution in [0, 0.1) is 10.1 Å². The summed E-state index contributed by atoms with van der Waals surface area (Å²) in [6.07, 6.45) is 4.13. The van der Waals surface area contributed by atoms with Gasteiger partial charge in [-0.1, -0.05) is 0 Å². The minimum absolute atomic E-state index is 0.115. The fourth-order valence-corrected chi connectivity index (χ4v) is 3.38. The Balaban J connectivity index is 1.67. The van der Waals surface area contributed by atoms with Crippen LogP contribution in [0.5, 0.6) is 0 Å². The van der Waals surface area contributed by atoms with Crippen molar-refractivity contribution >= 4 is 22.7 Å². The molecule has 1 unspecified atom stereocenters. The maximum Gasteiger partial charge on any atom is 0.419 e. The van der Waals surface area contributed by atoms with E-state index >= 15 is 0 Å². The Morgan fingerprint density at radius 3 is 2.92 bits per heavy atom. The van der Waals surface area contributed by atoms with Crippen molar-refractivity contribution in [2.24, 2.45) is 0 Å². The van der Waals surface area contributed by atoms with Gasteiger partial charge >= 0.3 is 5.76 Å². The largest absolute Gasteiger partial charge is 0.419 e. The van der Waals surface area contributed by atoms with Crippen molar-refractivity contribution in [2.45, 2.75) is 51.6 Å². The first-order valence-corrected chi connectivity index (χ1v) is 8.54. The number of nitro benzene ring substituents is 1. The molecule has 8 heteroatoms. The average molecular weight is 347 g/mol. The molecule has 2 aromatic rings. The van der Waals surface area contributed by atoms with Crippen LogP contribution in [0.2, 0.25) is 0 Å². The lowest BCUT2D eigenvalue weighted by Gasteiger charge is -2.33. The fourth-order valence-electron chi connectivity index (χ4n) is 3.38. The SMILES string of the molecule is CC1CCCCN1C(=O)CCCn1c(=O)oc2cc([N+](=O)[O-])ccc21. The molecule has 1 atom stereocenters. The number of fused-ring (bicyclic) bond motifs is 1. The summed E-state index contributed by atoms with van der Waals surface area (Å²) in [4.78, 5) is 36.5. The number of likely N-dealkylation sites (tertiary alicyclic amines) is 1. The van der Waals surface area contributed by atoms with Crippen molar-refractivity contribution < 1.29 is 14.1 Å². The highest BCUT2D eigenvalue weighted by molar-refractivity contribution is 5.77. The molecule has 8 nitrogen and oxygen atoms in total. The van der Waals surface area contributed by atoms with Gasteiger partial charge in [0.25, 0.3) is 5.69 Å². The van der Waals surface area contributed by atoms with Crippen molar-refractivity contribution in [1.29, 1.82) is 0 Å². The zero-order chi connectivity index (χ0) is 18.0. The number of rotatable bonds is 5. The third-order valence-electron chi connectivity index (χ3n) is 4.76. The van der Waals surface area contributed by atoms with E-state index in [1.807, 2.05) is 4.90 Å². The van der Waals surface area contributed by atoms with E-state index in [0.29, 0.717) is 24.9 Å². The van der Waals surface area contributed by atoms with Crippen molar-refractivity contribution in [2.75, 3.05) is 6.54 Å². The highest BCUT2D eigenvalue weighted by atomic mass is 16.6. The van der Waals surface area contributed by atoms with Crippen LogP contribution in [0.1, 0.15) is 39.0 Å². The standard InChI is InChI=1S/C17H21N3O5/c1-12-5-2-3-9-18(12)16(21)6-4-10-19-14-8-7-13(20(23)24)11-15(14)25-17(19)22/h7-8,11-12H,2-6,9-10H2,1H3. The quantitative estimate of drug-likeness (QED) is 0.612. The molecule has 1 aromatic heterocycles. The Labute approximate surface area is 144 Å². The summed E-state index contributed by atoms with van der Waals surface area (Å²) >= 11 is 0. The van der Waals surface area contributed by atoms with E-state index in [1.54, 1.807) is 0 Å². The summed E-state index contributed by atoms with van der Waals surface area (Å²) in [5.41, 5.74) is 0.576. The Morgan fingerprint density at radius 1 is 1.40 bits per heavy atom. The van der Waals surface area contributed by atoms with Gasteiger partial charge in [0.15, 0.2) is 5.58 Å². The van der Waals surface area contributed by atoms with E-state index in [1.165, 1.54) is 22.8 Å². The molecule has 2 heterocycles. The Bertz CT molecular complexity index is 854. The second kappa shape index (κ2) is 7.08. The van der Waals surface area contributed by atoms with Crippen LogP contribution in [0.25, 0.3) is 11.1 Å². The van der Waals surface area contributed by atoms with E-state index in [2.05, 4.69) is 6.92 Å². The van der Waals surface area contributed by atoms with Gasteiger partial charge in [-0.25, -0.2) is 4.79 Å². The summed E-state index contributed by atoms with van der Waals surface area (Å²) in [6.45, 7) is 3.22. The molecule has 25 heavy (non-hydrogen) atoms. The number of non-ortho nitro benzene ring substituents is 1. The van der Waals surface area contributed by atoms with Crippen molar-refractivity contribution in [3.05, 3.63) is 38.9 Å². The van der Waals surface area contributed by atoms with Gasteiger partial charge in [-0.15, -0.1) is 0 Å². The minimum atomic E-state index is -0.561. The number of oxazole rings is 1. The van der Waals surface area contributed by atoms with Crippen LogP contribution in [0.15, 0.2) is 27.4 Å². The molecule has 0 saturated carbocycles. The van der Waals surface area contributed by atoms with Crippen molar-refractivity contribution in [3.63, 3.8) is 0 Å². The number of carbonyl (C=O) groups excluding carboxylic acids is 1. The topological polar surface area (TPSA) is 98.6 Å². The lowest BCUT2D eigenvalue weighted by molar-refractivity contribution is -0.384.